The third-order valence-corrected chi connectivity index (χ3v) is 7.44. The number of H-pyrrole nitrogens is 1. The zero-order valence-corrected chi connectivity index (χ0v) is 22.1. The van der Waals surface area contributed by atoms with E-state index in [1.807, 2.05) is 6.92 Å². The maximum Gasteiger partial charge on any atom is 0.438 e. The lowest BCUT2D eigenvalue weighted by atomic mass is 10.1. The van der Waals surface area contributed by atoms with Crippen LogP contribution in [0.3, 0.4) is 0 Å². The SMILES string of the molecule is CCCCCCCCCCCCSn1c(=O)n(P(=O)=O)c(=O)c2c1[nH]c(=O)n2CC(C)OCC. The normalized spacial score (nSPS) is 12.4. The van der Waals surface area contributed by atoms with Crippen molar-refractivity contribution in [1.82, 2.24) is 17.9 Å². The van der Waals surface area contributed by atoms with Crippen molar-refractivity contribution < 1.29 is 13.9 Å². The van der Waals surface area contributed by atoms with Gasteiger partial charge in [-0.05, 0) is 32.2 Å². The molecule has 2 aromatic rings. The minimum Gasteiger partial charge on any atom is -0.377 e. The monoisotopic (exact) mass is 516 g/mol. The molecular weight excluding hydrogens is 479 g/mol. The standard InChI is InChI=1S/C22H37N4O6PS/c1-4-6-7-8-9-10-11-12-13-14-15-34-26-19-18(20(27)25(22(26)29)33(30)31)24(21(28)23-19)16-17(3)32-5-2/h17H,4-16H2,1-3H3,(H,23,28). The molecule has 12 heteroatoms. The molecule has 34 heavy (non-hydrogen) atoms. The number of ether oxygens (including phenoxy) is 1. The van der Waals surface area contributed by atoms with Crippen molar-refractivity contribution in [1.29, 1.82) is 0 Å². The van der Waals surface area contributed by atoms with Crippen molar-refractivity contribution in [3.05, 3.63) is 31.3 Å². The molecule has 0 saturated heterocycles. The second-order valence-electron chi connectivity index (χ2n) is 8.45. The molecule has 2 aromatic heterocycles. The van der Waals surface area contributed by atoms with Gasteiger partial charge in [-0.15, -0.1) is 4.34 Å². The van der Waals surface area contributed by atoms with Gasteiger partial charge in [-0.25, -0.2) is 22.7 Å². The minimum absolute atomic E-state index is 0.0221. The minimum atomic E-state index is -3.49. The van der Waals surface area contributed by atoms with Crippen LogP contribution in [0.2, 0.25) is 0 Å². The van der Waals surface area contributed by atoms with E-state index < -0.39 is 24.8 Å². The number of aromatic amines is 1. The van der Waals surface area contributed by atoms with Gasteiger partial charge >= 0.3 is 19.2 Å². The molecular formula is C22H37N4O6PS. The van der Waals surface area contributed by atoms with Crippen LogP contribution in [0.1, 0.15) is 85.0 Å². The first kappa shape index (κ1) is 28.4. The van der Waals surface area contributed by atoms with Crippen molar-refractivity contribution in [3.8, 4) is 0 Å². The zero-order valence-electron chi connectivity index (χ0n) is 20.4. The molecule has 1 atom stereocenters. The molecule has 0 bridgehead atoms. The van der Waals surface area contributed by atoms with E-state index in [0.717, 1.165) is 39.7 Å². The Balaban J connectivity index is 2.11. The molecule has 0 aliphatic heterocycles. The largest absolute Gasteiger partial charge is 0.438 e. The highest BCUT2D eigenvalue weighted by Crippen LogP contribution is 2.17. The summed E-state index contributed by atoms with van der Waals surface area (Å²) in [5.74, 6) is 0.557. The predicted octanol–water partition coefficient (Wildman–Crippen LogP) is 4.43. The van der Waals surface area contributed by atoms with Gasteiger partial charge < -0.3 is 4.74 Å². The molecule has 1 N–H and O–H groups in total. The van der Waals surface area contributed by atoms with Crippen molar-refractivity contribution in [2.45, 2.75) is 97.6 Å². The molecule has 0 amide bonds. The molecule has 192 valence electrons. The van der Waals surface area contributed by atoms with E-state index in [9.17, 15) is 23.5 Å². The summed E-state index contributed by atoms with van der Waals surface area (Å²) < 4.78 is 31.3. The van der Waals surface area contributed by atoms with Gasteiger partial charge in [-0.1, -0.05) is 64.7 Å². The van der Waals surface area contributed by atoms with E-state index in [0.29, 0.717) is 12.4 Å². The molecule has 0 fully saturated rings. The van der Waals surface area contributed by atoms with Crippen LogP contribution in [0.5, 0.6) is 0 Å². The van der Waals surface area contributed by atoms with Gasteiger partial charge in [0.15, 0.2) is 11.2 Å². The highest BCUT2D eigenvalue weighted by molar-refractivity contribution is 7.97. The Kier molecular flexibility index (Phi) is 12.1. The molecule has 2 rings (SSSR count). The summed E-state index contributed by atoms with van der Waals surface area (Å²) >= 11 is 1.11. The van der Waals surface area contributed by atoms with Crippen LogP contribution in [-0.2, 0) is 20.4 Å². The Morgan fingerprint density at radius 2 is 1.53 bits per heavy atom. The first-order valence-electron chi connectivity index (χ1n) is 12.2. The van der Waals surface area contributed by atoms with Gasteiger partial charge in [0.25, 0.3) is 5.56 Å². The zero-order chi connectivity index (χ0) is 25.1. The molecule has 0 aromatic carbocycles. The Morgan fingerprint density at radius 1 is 0.941 bits per heavy atom. The quantitative estimate of drug-likeness (QED) is 0.243. The van der Waals surface area contributed by atoms with Crippen LogP contribution in [0.15, 0.2) is 14.4 Å². The van der Waals surface area contributed by atoms with Crippen LogP contribution < -0.4 is 16.9 Å². The first-order chi connectivity index (χ1) is 16.3. The fourth-order valence-electron chi connectivity index (χ4n) is 3.97. The average molecular weight is 517 g/mol. The highest BCUT2D eigenvalue weighted by atomic mass is 32.2. The number of aromatic nitrogens is 4. The van der Waals surface area contributed by atoms with Gasteiger partial charge in [0.2, 0.25) is 0 Å². The fraction of sp³-hybridized carbons (Fsp3) is 0.773. The van der Waals surface area contributed by atoms with E-state index in [2.05, 4.69) is 11.9 Å². The van der Waals surface area contributed by atoms with E-state index >= 15 is 0 Å². The number of rotatable bonds is 17. The molecule has 2 heterocycles. The van der Waals surface area contributed by atoms with Crippen molar-refractivity contribution >= 4 is 30.9 Å². The lowest BCUT2D eigenvalue weighted by Crippen LogP contribution is -2.36. The molecule has 0 aliphatic carbocycles. The van der Waals surface area contributed by atoms with E-state index in [1.165, 1.54) is 44.9 Å². The number of unbranched alkanes of at least 4 members (excludes halogenated alkanes) is 9. The summed E-state index contributed by atoms with van der Waals surface area (Å²) in [5, 5.41) is 0. The lowest BCUT2D eigenvalue weighted by molar-refractivity contribution is 0.0641. The van der Waals surface area contributed by atoms with Crippen LogP contribution in [0.4, 0.5) is 0 Å². The number of hydrogen-bond donors (Lipinski definition) is 1. The summed E-state index contributed by atoms with van der Waals surface area (Å²) in [6.45, 7) is 6.25. The number of hydrogen-bond acceptors (Lipinski definition) is 7. The van der Waals surface area contributed by atoms with E-state index in [-0.39, 0.29) is 28.2 Å². The second kappa shape index (κ2) is 14.5. The molecule has 10 nitrogen and oxygen atoms in total. The Hall–Kier alpha value is -1.84. The summed E-state index contributed by atoms with van der Waals surface area (Å²) in [7, 11) is -3.49. The van der Waals surface area contributed by atoms with Crippen molar-refractivity contribution in [3.63, 3.8) is 0 Å². The Bertz CT molecular complexity index is 1160. The third-order valence-electron chi connectivity index (χ3n) is 5.69. The van der Waals surface area contributed by atoms with E-state index in [1.54, 1.807) is 6.92 Å². The molecule has 0 spiro atoms. The topological polar surface area (TPSA) is 125 Å². The molecule has 1 unspecified atom stereocenters. The Labute approximate surface area is 204 Å². The summed E-state index contributed by atoms with van der Waals surface area (Å²) in [6, 6.07) is 0. The number of nitrogens with zero attached hydrogens (tertiary/aromatic N) is 3. The van der Waals surface area contributed by atoms with Crippen LogP contribution in [0.25, 0.3) is 11.2 Å². The lowest BCUT2D eigenvalue weighted by Gasteiger charge is -2.12. The number of imidazole rings is 1. The third kappa shape index (κ3) is 7.58. The van der Waals surface area contributed by atoms with Gasteiger partial charge in [0.1, 0.15) is 0 Å². The van der Waals surface area contributed by atoms with Crippen molar-refractivity contribution in [2.24, 2.45) is 0 Å². The molecule has 0 saturated carbocycles. The maximum atomic E-state index is 12.8. The molecule has 0 aliphatic rings. The summed E-state index contributed by atoms with van der Waals surface area (Å²) in [6.07, 6.45) is 11.4. The predicted molar refractivity (Wildman–Crippen MR) is 136 cm³/mol. The van der Waals surface area contributed by atoms with Crippen molar-refractivity contribution in [2.75, 3.05) is 12.4 Å². The number of nitrogens with one attached hydrogen (secondary N) is 1. The first-order valence-corrected chi connectivity index (χ1v) is 14.3. The average Bonchev–Trinajstić information content (AvgIpc) is 3.09. The molecule has 0 radical (unpaired) electrons. The van der Waals surface area contributed by atoms with Gasteiger partial charge in [0.05, 0.1) is 12.6 Å². The van der Waals surface area contributed by atoms with Gasteiger partial charge in [-0.3, -0.25) is 14.3 Å². The van der Waals surface area contributed by atoms with E-state index in [4.69, 9.17) is 4.74 Å². The smallest absolute Gasteiger partial charge is 0.377 e. The Morgan fingerprint density at radius 3 is 2.09 bits per heavy atom. The van der Waals surface area contributed by atoms with Crippen LogP contribution >= 0.6 is 19.8 Å². The van der Waals surface area contributed by atoms with Crippen LogP contribution in [-0.4, -0.2) is 36.3 Å². The second-order valence-corrected chi connectivity index (χ2v) is 10.4. The van der Waals surface area contributed by atoms with Gasteiger partial charge in [-0.2, -0.15) is 0 Å². The maximum absolute atomic E-state index is 12.8. The fourth-order valence-corrected chi connectivity index (χ4v) is 5.47. The highest BCUT2D eigenvalue weighted by Gasteiger charge is 2.23. The summed E-state index contributed by atoms with van der Waals surface area (Å²) in [5.41, 5.74) is -2.74. The van der Waals surface area contributed by atoms with Crippen LogP contribution in [0, 0.1) is 0 Å². The van der Waals surface area contributed by atoms with Gasteiger partial charge in [0, 0.05) is 12.4 Å². The summed E-state index contributed by atoms with van der Waals surface area (Å²) in [4.78, 5) is 40.7. The number of fused-ring (bicyclic) bond motifs is 1.